The van der Waals surface area contributed by atoms with Crippen molar-refractivity contribution in [2.24, 2.45) is 0 Å². The Balaban J connectivity index is 1.80. The molecular weight excluding hydrogens is 318 g/mol. The van der Waals surface area contributed by atoms with Gasteiger partial charge in [-0.2, -0.15) is 5.10 Å². The molecule has 2 aromatic rings. The van der Waals surface area contributed by atoms with Crippen molar-refractivity contribution in [2.75, 3.05) is 20.8 Å². The highest BCUT2D eigenvalue weighted by atomic mass is 16.5. The second-order valence-corrected chi connectivity index (χ2v) is 6.44. The van der Waals surface area contributed by atoms with Crippen molar-refractivity contribution in [3.63, 3.8) is 0 Å². The number of likely N-dealkylation sites (tertiary alicyclic amines) is 1. The van der Waals surface area contributed by atoms with Crippen molar-refractivity contribution in [2.45, 2.75) is 39.3 Å². The summed E-state index contributed by atoms with van der Waals surface area (Å²) in [4.78, 5) is 14.8. The highest BCUT2D eigenvalue weighted by Gasteiger charge is 2.30. The molecule has 0 bridgehead atoms. The molecule has 1 amide bonds. The number of benzene rings is 1. The van der Waals surface area contributed by atoms with Gasteiger partial charge in [-0.25, -0.2) is 0 Å². The molecule has 1 aromatic carbocycles. The van der Waals surface area contributed by atoms with Gasteiger partial charge in [0, 0.05) is 12.2 Å². The Kier molecular flexibility index (Phi) is 4.97. The summed E-state index contributed by atoms with van der Waals surface area (Å²) in [5, 5.41) is 4.40. The Bertz CT molecular complexity index is 769. The van der Waals surface area contributed by atoms with Gasteiger partial charge in [-0.1, -0.05) is 6.07 Å². The van der Waals surface area contributed by atoms with Crippen LogP contribution < -0.4 is 9.47 Å². The van der Waals surface area contributed by atoms with Crippen molar-refractivity contribution >= 4 is 5.91 Å². The zero-order valence-electron chi connectivity index (χ0n) is 15.3. The van der Waals surface area contributed by atoms with Crippen LogP contribution in [0.15, 0.2) is 24.3 Å². The minimum atomic E-state index is 0.0734. The molecule has 6 nitrogen and oxygen atoms in total. The number of aromatic nitrogens is 2. The average Bonchev–Trinajstić information content (AvgIpc) is 3.21. The Hall–Kier alpha value is -2.50. The molecule has 0 radical (unpaired) electrons. The van der Waals surface area contributed by atoms with Gasteiger partial charge < -0.3 is 14.4 Å². The van der Waals surface area contributed by atoms with Gasteiger partial charge in [0.2, 0.25) is 5.91 Å². The molecule has 0 N–H and O–H groups in total. The Morgan fingerprint density at radius 1 is 1.20 bits per heavy atom. The van der Waals surface area contributed by atoms with E-state index in [0.29, 0.717) is 11.5 Å². The summed E-state index contributed by atoms with van der Waals surface area (Å²) in [6.45, 7) is 4.97. The molecule has 25 heavy (non-hydrogen) atoms. The third-order valence-corrected chi connectivity index (χ3v) is 4.75. The van der Waals surface area contributed by atoms with E-state index in [2.05, 4.69) is 5.10 Å². The molecule has 0 saturated carbocycles. The number of amides is 1. The maximum atomic E-state index is 12.8. The zero-order chi connectivity index (χ0) is 18.0. The van der Waals surface area contributed by atoms with Crippen LogP contribution in [0.2, 0.25) is 0 Å². The van der Waals surface area contributed by atoms with Crippen LogP contribution in [0.25, 0.3) is 0 Å². The second-order valence-electron chi connectivity index (χ2n) is 6.44. The number of carbonyl (C=O) groups excluding carboxylic acids is 1. The highest BCUT2D eigenvalue weighted by molar-refractivity contribution is 5.77. The van der Waals surface area contributed by atoms with Gasteiger partial charge in [0.25, 0.3) is 0 Å². The third-order valence-electron chi connectivity index (χ3n) is 4.75. The first-order valence-electron chi connectivity index (χ1n) is 8.56. The summed E-state index contributed by atoms with van der Waals surface area (Å²) in [7, 11) is 3.25. The van der Waals surface area contributed by atoms with Crippen molar-refractivity contribution in [1.82, 2.24) is 14.7 Å². The number of carbonyl (C=O) groups is 1. The Morgan fingerprint density at radius 2 is 1.96 bits per heavy atom. The number of hydrogen-bond donors (Lipinski definition) is 0. The third kappa shape index (κ3) is 3.48. The molecule has 0 spiro atoms. The fraction of sp³-hybridized carbons (Fsp3) is 0.474. The van der Waals surface area contributed by atoms with Crippen LogP contribution in [0.3, 0.4) is 0 Å². The molecule has 6 heteroatoms. The molecule has 3 rings (SSSR count). The molecule has 0 aliphatic carbocycles. The number of hydrogen-bond acceptors (Lipinski definition) is 4. The van der Waals surface area contributed by atoms with Gasteiger partial charge in [-0.15, -0.1) is 0 Å². The lowest BCUT2D eigenvalue weighted by molar-refractivity contribution is -0.133. The minimum Gasteiger partial charge on any atom is -0.493 e. The van der Waals surface area contributed by atoms with Crippen molar-refractivity contribution in [3.05, 3.63) is 41.2 Å². The number of rotatable bonds is 5. The molecule has 1 aliphatic heterocycles. The maximum Gasteiger partial charge on any atom is 0.244 e. The summed E-state index contributed by atoms with van der Waals surface area (Å²) >= 11 is 0. The summed E-state index contributed by atoms with van der Waals surface area (Å²) in [6, 6.07) is 7.95. The fourth-order valence-electron chi connectivity index (χ4n) is 3.53. The molecule has 1 saturated heterocycles. The van der Waals surface area contributed by atoms with E-state index in [-0.39, 0.29) is 18.5 Å². The lowest BCUT2D eigenvalue weighted by atomic mass is 10.0. The number of methoxy groups -OCH3 is 2. The van der Waals surface area contributed by atoms with Crippen LogP contribution in [-0.4, -0.2) is 41.4 Å². The van der Waals surface area contributed by atoms with Gasteiger partial charge >= 0.3 is 0 Å². The molecule has 0 unspecified atom stereocenters. The summed E-state index contributed by atoms with van der Waals surface area (Å²) < 4.78 is 12.5. The van der Waals surface area contributed by atoms with Crippen LogP contribution in [-0.2, 0) is 11.3 Å². The first-order valence-corrected chi connectivity index (χ1v) is 8.56. The normalized spacial score (nSPS) is 17.0. The van der Waals surface area contributed by atoms with Gasteiger partial charge in [0.1, 0.15) is 6.54 Å². The molecular formula is C19H25N3O3. The summed E-state index contributed by atoms with van der Waals surface area (Å²) in [5.41, 5.74) is 3.02. The van der Waals surface area contributed by atoms with E-state index in [1.165, 1.54) is 0 Å². The molecule has 1 fully saturated rings. The standard InChI is InChI=1S/C19H25N3O3/c1-13-10-14(2)22(20-13)12-19(23)21-9-5-6-16(21)15-7-8-17(24-3)18(11-15)25-4/h7-8,10-11,16H,5-6,9,12H2,1-4H3/t16-/m1/s1. The smallest absolute Gasteiger partial charge is 0.244 e. The second kappa shape index (κ2) is 7.17. The fourth-order valence-corrected chi connectivity index (χ4v) is 3.53. The maximum absolute atomic E-state index is 12.8. The molecule has 1 aliphatic rings. The van der Waals surface area contributed by atoms with Crippen molar-refractivity contribution in [3.8, 4) is 11.5 Å². The predicted molar refractivity (Wildman–Crippen MR) is 94.9 cm³/mol. The first-order chi connectivity index (χ1) is 12.0. The first kappa shape index (κ1) is 17.3. The van der Waals surface area contributed by atoms with E-state index in [9.17, 15) is 4.79 Å². The Morgan fingerprint density at radius 3 is 2.60 bits per heavy atom. The Labute approximate surface area is 148 Å². The largest absolute Gasteiger partial charge is 0.493 e. The summed E-state index contributed by atoms with van der Waals surface area (Å²) in [5.74, 6) is 1.49. The quantitative estimate of drug-likeness (QED) is 0.838. The van der Waals surface area contributed by atoms with Crippen molar-refractivity contribution in [1.29, 1.82) is 0 Å². The number of aryl methyl sites for hydroxylation is 2. The van der Waals surface area contributed by atoms with Gasteiger partial charge in [0.05, 0.1) is 26.0 Å². The lowest BCUT2D eigenvalue weighted by Crippen LogP contribution is -2.34. The molecule has 1 aromatic heterocycles. The van der Waals surface area contributed by atoms with Gasteiger partial charge in [-0.3, -0.25) is 9.48 Å². The lowest BCUT2D eigenvalue weighted by Gasteiger charge is -2.26. The molecule has 1 atom stereocenters. The average molecular weight is 343 g/mol. The number of ether oxygens (including phenoxy) is 2. The van der Waals surface area contributed by atoms with Crippen LogP contribution in [0.4, 0.5) is 0 Å². The van der Waals surface area contributed by atoms with E-state index in [1.807, 2.05) is 43.0 Å². The van der Waals surface area contributed by atoms with E-state index in [0.717, 1.165) is 36.3 Å². The van der Waals surface area contributed by atoms with Crippen molar-refractivity contribution < 1.29 is 14.3 Å². The molecule has 134 valence electrons. The minimum absolute atomic E-state index is 0.0734. The topological polar surface area (TPSA) is 56.6 Å². The van der Waals surface area contributed by atoms with Crippen LogP contribution in [0.5, 0.6) is 11.5 Å². The molecule has 2 heterocycles. The van der Waals surface area contributed by atoms with E-state index in [1.54, 1.807) is 18.9 Å². The summed E-state index contributed by atoms with van der Waals surface area (Å²) in [6.07, 6.45) is 1.96. The monoisotopic (exact) mass is 343 g/mol. The highest BCUT2D eigenvalue weighted by Crippen LogP contribution is 2.37. The van der Waals surface area contributed by atoms with E-state index >= 15 is 0 Å². The van der Waals surface area contributed by atoms with Gasteiger partial charge in [-0.05, 0) is 50.5 Å². The van der Waals surface area contributed by atoms with E-state index < -0.39 is 0 Å². The number of nitrogens with zero attached hydrogens (tertiary/aromatic N) is 3. The van der Waals surface area contributed by atoms with Crippen LogP contribution in [0, 0.1) is 13.8 Å². The predicted octanol–water partition coefficient (Wildman–Crippen LogP) is 2.88. The van der Waals surface area contributed by atoms with E-state index in [4.69, 9.17) is 9.47 Å². The van der Waals surface area contributed by atoms with Crippen LogP contribution >= 0.6 is 0 Å². The van der Waals surface area contributed by atoms with Gasteiger partial charge in [0.15, 0.2) is 11.5 Å². The van der Waals surface area contributed by atoms with Crippen LogP contribution in [0.1, 0.15) is 35.8 Å². The SMILES string of the molecule is COc1ccc([C@H]2CCCN2C(=O)Cn2nc(C)cc2C)cc1OC. The zero-order valence-corrected chi connectivity index (χ0v) is 15.3.